The minimum absolute atomic E-state index is 0.0684. The third-order valence-corrected chi connectivity index (χ3v) is 3.94. The average Bonchev–Trinajstić information content (AvgIpc) is 3.02. The van der Waals surface area contributed by atoms with Crippen molar-refractivity contribution in [2.75, 3.05) is 5.32 Å². The lowest BCUT2D eigenvalue weighted by Crippen LogP contribution is -2.14. The van der Waals surface area contributed by atoms with Crippen LogP contribution < -0.4 is 10.1 Å². The number of thiazole rings is 1. The van der Waals surface area contributed by atoms with Gasteiger partial charge in [-0.25, -0.2) is 4.98 Å². The zero-order chi connectivity index (χ0) is 15.9. The monoisotopic (exact) mass is 324 g/mol. The summed E-state index contributed by atoms with van der Waals surface area (Å²) in [7, 11) is 0. The molecule has 0 aliphatic carbocycles. The number of benzene rings is 2. The van der Waals surface area contributed by atoms with Crippen molar-refractivity contribution < 1.29 is 9.53 Å². The Morgan fingerprint density at radius 3 is 2.48 bits per heavy atom. The van der Waals surface area contributed by atoms with Crippen molar-refractivity contribution >= 4 is 22.4 Å². The second-order valence-corrected chi connectivity index (χ2v) is 5.81. The minimum Gasteiger partial charge on any atom is -0.487 e. The van der Waals surface area contributed by atoms with Crippen LogP contribution >= 0.6 is 11.3 Å². The Labute approximate surface area is 138 Å². The van der Waals surface area contributed by atoms with Crippen molar-refractivity contribution in [2.45, 2.75) is 13.0 Å². The largest absolute Gasteiger partial charge is 0.487 e. The van der Waals surface area contributed by atoms with Gasteiger partial charge in [-0.3, -0.25) is 4.79 Å². The fraction of sp³-hybridized carbons (Fsp3) is 0.111. The Bertz CT molecular complexity index is 757. The molecule has 0 atom stereocenters. The molecule has 0 aliphatic rings. The van der Waals surface area contributed by atoms with E-state index in [1.54, 1.807) is 0 Å². The lowest BCUT2D eigenvalue weighted by molar-refractivity contribution is -0.115. The summed E-state index contributed by atoms with van der Waals surface area (Å²) < 4.78 is 5.64. The van der Waals surface area contributed by atoms with Crippen LogP contribution in [0, 0.1) is 0 Å². The van der Waals surface area contributed by atoms with Crippen LogP contribution in [-0.2, 0) is 17.8 Å². The summed E-state index contributed by atoms with van der Waals surface area (Å²) in [5.74, 6) is 0.733. The number of rotatable bonds is 6. The number of nitrogens with zero attached hydrogens (tertiary/aromatic N) is 1. The van der Waals surface area contributed by atoms with Gasteiger partial charge in [0.1, 0.15) is 12.4 Å². The molecule has 0 saturated heterocycles. The molecule has 3 aromatic rings. The lowest BCUT2D eigenvalue weighted by Gasteiger charge is -2.03. The van der Waals surface area contributed by atoms with E-state index in [1.807, 2.05) is 66.0 Å². The summed E-state index contributed by atoms with van der Waals surface area (Å²) in [4.78, 5) is 16.4. The number of hydrogen-bond donors (Lipinski definition) is 1. The molecule has 0 saturated carbocycles. The van der Waals surface area contributed by atoms with E-state index in [0.29, 0.717) is 18.2 Å². The molecule has 0 fully saturated rings. The van der Waals surface area contributed by atoms with Crippen molar-refractivity contribution in [3.05, 3.63) is 77.3 Å². The maximum Gasteiger partial charge on any atom is 0.230 e. The van der Waals surface area contributed by atoms with E-state index in [9.17, 15) is 4.79 Å². The molecular formula is C18H16N2O2S. The van der Waals surface area contributed by atoms with Crippen LogP contribution in [0.5, 0.6) is 5.75 Å². The van der Waals surface area contributed by atoms with Crippen LogP contribution in [0.15, 0.2) is 66.0 Å². The van der Waals surface area contributed by atoms with Crippen molar-refractivity contribution in [1.82, 2.24) is 4.98 Å². The number of nitrogens with one attached hydrogen (secondary N) is 1. The van der Waals surface area contributed by atoms with Crippen LogP contribution in [0.3, 0.4) is 0 Å². The highest BCUT2D eigenvalue weighted by Gasteiger charge is 2.08. The zero-order valence-corrected chi connectivity index (χ0v) is 13.3. The van der Waals surface area contributed by atoms with Gasteiger partial charge in [-0.15, -0.1) is 11.3 Å². The highest BCUT2D eigenvalue weighted by molar-refractivity contribution is 7.13. The Balaban J connectivity index is 1.52. The first-order valence-electron chi connectivity index (χ1n) is 7.25. The van der Waals surface area contributed by atoms with Gasteiger partial charge in [-0.2, -0.15) is 0 Å². The van der Waals surface area contributed by atoms with Gasteiger partial charge in [-0.1, -0.05) is 48.5 Å². The Hall–Kier alpha value is -2.66. The molecule has 1 heterocycles. The SMILES string of the molecule is O=C(Cc1ccccc1)Nc1nc(COc2ccccc2)cs1. The van der Waals surface area contributed by atoms with Gasteiger partial charge < -0.3 is 10.1 Å². The maximum absolute atomic E-state index is 12.0. The molecule has 116 valence electrons. The van der Waals surface area contributed by atoms with E-state index in [-0.39, 0.29) is 5.91 Å². The Morgan fingerprint density at radius 2 is 1.74 bits per heavy atom. The third kappa shape index (κ3) is 4.66. The van der Waals surface area contributed by atoms with Crippen LogP contribution in [-0.4, -0.2) is 10.9 Å². The van der Waals surface area contributed by atoms with Crippen molar-refractivity contribution in [3.63, 3.8) is 0 Å². The van der Waals surface area contributed by atoms with Crippen LogP contribution in [0.1, 0.15) is 11.3 Å². The molecule has 0 bridgehead atoms. The third-order valence-electron chi connectivity index (χ3n) is 3.14. The molecule has 5 heteroatoms. The first-order valence-corrected chi connectivity index (χ1v) is 8.13. The number of hydrogen-bond acceptors (Lipinski definition) is 4. The number of anilines is 1. The number of carbonyl (C=O) groups excluding carboxylic acids is 1. The second kappa shape index (κ2) is 7.56. The van der Waals surface area contributed by atoms with E-state index in [1.165, 1.54) is 11.3 Å². The number of aromatic nitrogens is 1. The predicted molar refractivity (Wildman–Crippen MR) is 91.7 cm³/mol. The second-order valence-electron chi connectivity index (χ2n) is 4.96. The Morgan fingerprint density at radius 1 is 1.04 bits per heavy atom. The highest BCUT2D eigenvalue weighted by atomic mass is 32.1. The predicted octanol–water partition coefficient (Wildman–Crippen LogP) is 3.90. The van der Waals surface area contributed by atoms with Gasteiger partial charge in [-0.05, 0) is 17.7 Å². The molecule has 1 amide bonds. The number of para-hydroxylation sites is 1. The molecule has 23 heavy (non-hydrogen) atoms. The van der Waals surface area contributed by atoms with Crippen molar-refractivity contribution in [1.29, 1.82) is 0 Å². The molecule has 1 N–H and O–H groups in total. The van der Waals surface area contributed by atoms with Gasteiger partial charge in [0.2, 0.25) is 5.91 Å². The highest BCUT2D eigenvalue weighted by Crippen LogP contribution is 2.18. The molecule has 2 aromatic carbocycles. The van der Waals surface area contributed by atoms with E-state index in [4.69, 9.17) is 4.74 Å². The topological polar surface area (TPSA) is 51.2 Å². The summed E-state index contributed by atoms with van der Waals surface area (Å²) in [6, 6.07) is 19.2. The van der Waals surface area contributed by atoms with Gasteiger partial charge in [0, 0.05) is 5.38 Å². The zero-order valence-electron chi connectivity index (χ0n) is 12.4. The molecule has 3 rings (SSSR count). The quantitative estimate of drug-likeness (QED) is 0.748. The van der Waals surface area contributed by atoms with E-state index in [0.717, 1.165) is 17.0 Å². The number of ether oxygens (including phenoxy) is 1. The fourth-order valence-corrected chi connectivity index (χ4v) is 2.76. The minimum atomic E-state index is -0.0684. The summed E-state index contributed by atoms with van der Waals surface area (Å²) in [6.07, 6.45) is 0.344. The number of amides is 1. The lowest BCUT2D eigenvalue weighted by atomic mass is 10.1. The smallest absolute Gasteiger partial charge is 0.230 e. The molecule has 0 radical (unpaired) electrons. The summed E-state index contributed by atoms with van der Waals surface area (Å²) in [5, 5.41) is 5.31. The van der Waals surface area contributed by atoms with Crippen LogP contribution in [0.25, 0.3) is 0 Å². The maximum atomic E-state index is 12.0. The molecule has 1 aromatic heterocycles. The molecule has 0 spiro atoms. The van der Waals surface area contributed by atoms with E-state index >= 15 is 0 Å². The summed E-state index contributed by atoms with van der Waals surface area (Å²) in [6.45, 7) is 0.384. The van der Waals surface area contributed by atoms with Gasteiger partial charge in [0.15, 0.2) is 5.13 Å². The van der Waals surface area contributed by atoms with Gasteiger partial charge in [0.05, 0.1) is 12.1 Å². The van der Waals surface area contributed by atoms with Crippen LogP contribution in [0.2, 0.25) is 0 Å². The van der Waals surface area contributed by atoms with Gasteiger partial charge in [0.25, 0.3) is 0 Å². The number of carbonyl (C=O) groups is 1. The molecule has 0 aliphatic heterocycles. The fourth-order valence-electron chi connectivity index (χ4n) is 2.05. The van der Waals surface area contributed by atoms with Gasteiger partial charge >= 0.3 is 0 Å². The van der Waals surface area contributed by atoms with Crippen molar-refractivity contribution in [2.24, 2.45) is 0 Å². The van der Waals surface area contributed by atoms with E-state index in [2.05, 4.69) is 10.3 Å². The molecule has 4 nitrogen and oxygen atoms in total. The Kier molecular flexibility index (Phi) is 5.01. The summed E-state index contributed by atoms with van der Waals surface area (Å²) >= 11 is 1.40. The van der Waals surface area contributed by atoms with Crippen LogP contribution in [0.4, 0.5) is 5.13 Å². The summed E-state index contributed by atoms with van der Waals surface area (Å²) in [5.41, 5.74) is 1.78. The molecular weight excluding hydrogens is 308 g/mol. The first kappa shape index (κ1) is 15.2. The first-order chi connectivity index (χ1) is 11.3. The normalized spacial score (nSPS) is 10.3. The average molecular weight is 324 g/mol. The molecule has 0 unspecified atom stereocenters. The van der Waals surface area contributed by atoms with Crippen molar-refractivity contribution in [3.8, 4) is 5.75 Å². The standard InChI is InChI=1S/C18H16N2O2S/c21-17(11-14-7-3-1-4-8-14)20-18-19-15(13-23-18)12-22-16-9-5-2-6-10-16/h1-10,13H,11-12H2,(H,19,20,21). The van der Waals surface area contributed by atoms with E-state index < -0.39 is 0 Å².